The number of carboxylic acids is 1. The second kappa shape index (κ2) is 9.20. The summed E-state index contributed by atoms with van der Waals surface area (Å²) < 4.78 is 66.7. The number of anilines is 1. The molecular weight excluding hydrogens is 447 g/mol. The SMILES string of the molecule is Cc1nc(CC(=O)O)c(CNC2(C(F)F)CC2)c(N[C@H](C)c2cccc(C(F)(F)F)c2C)n1. The van der Waals surface area contributed by atoms with E-state index >= 15 is 0 Å². The van der Waals surface area contributed by atoms with Crippen LogP contribution in [0.1, 0.15) is 59.6 Å². The van der Waals surface area contributed by atoms with Crippen LogP contribution >= 0.6 is 0 Å². The second-order valence-corrected chi connectivity index (χ2v) is 8.31. The molecule has 0 bridgehead atoms. The molecule has 0 spiro atoms. The lowest BCUT2D eigenvalue weighted by Gasteiger charge is -2.24. The molecule has 1 aliphatic carbocycles. The molecule has 1 heterocycles. The zero-order valence-electron chi connectivity index (χ0n) is 18.4. The summed E-state index contributed by atoms with van der Waals surface area (Å²) in [5.41, 5.74) is -1.20. The van der Waals surface area contributed by atoms with Crippen LogP contribution in [-0.4, -0.2) is 33.0 Å². The molecule has 11 heteroatoms. The van der Waals surface area contributed by atoms with Crippen molar-refractivity contribution in [3.05, 3.63) is 52.0 Å². The maximum atomic E-state index is 13.4. The van der Waals surface area contributed by atoms with Crippen molar-refractivity contribution in [2.75, 3.05) is 5.32 Å². The lowest BCUT2D eigenvalue weighted by molar-refractivity contribution is -0.138. The first-order chi connectivity index (χ1) is 15.3. The summed E-state index contributed by atoms with van der Waals surface area (Å²) in [5.74, 6) is -0.710. The van der Waals surface area contributed by atoms with Gasteiger partial charge < -0.3 is 15.7 Å². The smallest absolute Gasteiger partial charge is 0.416 e. The first-order valence-electron chi connectivity index (χ1n) is 10.4. The highest BCUT2D eigenvalue weighted by Gasteiger charge is 2.50. The van der Waals surface area contributed by atoms with Gasteiger partial charge >= 0.3 is 12.1 Å². The maximum Gasteiger partial charge on any atom is 0.416 e. The van der Waals surface area contributed by atoms with Crippen LogP contribution in [0, 0.1) is 13.8 Å². The molecule has 3 N–H and O–H groups in total. The number of hydrogen-bond acceptors (Lipinski definition) is 5. The molecular formula is C22H25F5N4O2. The van der Waals surface area contributed by atoms with E-state index in [1.807, 2.05) is 0 Å². The van der Waals surface area contributed by atoms with Gasteiger partial charge in [-0.15, -0.1) is 0 Å². The summed E-state index contributed by atoms with van der Waals surface area (Å²) in [6, 6.07) is 3.23. The van der Waals surface area contributed by atoms with Crippen LogP contribution in [0.5, 0.6) is 0 Å². The average molecular weight is 472 g/mol. The third-order valence-electron chi connectivity index (χ3n) is 5.85. The summed E-state index contributed by atoms with van der Waals surface area (Å²) in [6.07, 6.45) is -6.98. The number of carboxylic acid groups (broad SMARTS) is 1. The Morgan fingerprint density at radius 1 is 1.21 bits per heavy atom. The van der Waals surface area contributed by atoms with Gasteiger partial charge in [-0.05, 0) is 50.8 Å². The minimum absolute atomic E-state index is 0.0517. The summed E-state index contributed by atoms with van der Waals surface area (Å²) in [6.45, 7) is 4.47. The Kier molecular flexibility index (Phi) is 6.92. The van der Waals surface area contributed by atoms with Crippen molar-refractivity contribution in [1.29, 1.82) is 0 Å². The molecule has 0 saturated heterocycles. The normalized spacial score (nSPS) is 16.0. The van der Waals surface area contributed by atoms with Gasteiger partial charge in [0, 0.05) is 12.1 Å². The number of benzene rings is 1. The number of rotatable bonds is 9. The summed E-state index contributed by atoms with van der Waals surface area (Å²) in [7, 11) is 0. The molecule has 3 rings (SSSR count). The summed E-state index contributed by atoms with van der Waals surface area (Å²) in [4.78, 5) is 19.8. The minimum atomic E-state index is -4.51. The van der Waals surface area contributed by atoms with Gasteiger partial charge in [-0.3, -0.25) is 4.79 Å². The van der Waals surface area contributed by atoms with Crippen molar-refractivity contribution < 1.29 is 31.9 Å². The van der Waals surface area contributed by atoms with Crippen LogP contribution in [0.15, 0.2) is 18.2 Å². The van der Waals surface area contributed by atoms with Crippen molar-refractivity contribution in [1.82, 2.24) is 15.3 Å². The zero-order chi connectivity index (χ0) is 24.6. The first-order valence-corrected chi connectivity index (χ1v) is 10.4. The van der Waals surface area contributed by atoms with Crippen molar-refractivity contribution in [2.45, 2.75) is 70.8 Å². The van der Waals surface area contributed by atoms with E-state index in [-0.39, 0.29) is 42.3 Å². The van der Waals surface area contributed by atoms with E-state index < -0.39 is 42.1 Å². The number of aryl methyl sites for hydroxylation is 1. The molecule has 6 nitrogen and oxygen atoms in total. The monoisotopic (exact) mass is 472 g/mol. The maximum absolute atomic E-state index is 13.4. The second-order valence-electron chi connectivity index (χ2n) is 8.31. The summed E-state index contributed by atoms with van der Waals surface area (Å²) in [5, 5.41) is 15.1. The number of nitrogens with one attached hydrogen (secondary N) is 2. The molecule has 1 fully saturated rings. The molecule has 0 radical (unpaired) electrons. The molecule has 0 aliphatic heterocycles. The van der Waals surface area contributed by atoms with Gasteiger partial charge in [0.2, 0.25) is 0 Å². The Labute approximate surface area is 187 Å². The topological polar surface area (TPSA) is 87.1 Å². The number of halogens is 5. The number of aliphatic carboxylic acids is 1. The summed E-state index contributed by atoms with van der Waals surface area (Å²) >= 11 is 0. The fourth-order valence-corrected chi connectivity index (χ4v) is 3.83. The van der Waals surface area contributed by atoms with E-state index in [9.17, 15) is 31.9 Å². The van der Waals surface area contributed by atoms with E-state index in [1.165, 1.54) is 13.0 Å². The van der Waals surface area contributed by atoms with Gasteiger partial charge in [0.15, 0.2) is 0 Å². The van der Waals surface area contributed by atoms with E-state index in [2.05, 4.69) is 20.6 Å². The highest BCUT2D eigenvalue weighted by molar-refractivity contribution is 5.71. The quantitative estimate of drug-likeness (QED) is 0.455. The largest absolute Gasteiger partial charge is 0.481 e. The third kappa shape index (κ3) is 5.58. The van der Waals surface area contributed by atoms with Gasteiger partial charge in [0.25, 0.3) is 6.43 Å². The lowest BCUT2D eigenvalue weighted by atomic mass is 9.97. The predicted octanol–water partition coefficient (Wildman–Crippen LogP) is 4.80. The highest BCUT2D eigenvalue weighted by atomic mass is 19.4. The van der Waals surface area contributed by atoms with Crippen LogP contribution < -0.4 is 10.6 Å². The van der Waals surface area contributed by atoms with E-state index in [1.54, 1.807) is 19.9 Å². The number of carbonyl (C=O) groups is 1. The molecule has 1 aromatic heterocycles. The first kappa shape index (κ1) is 24.8. The van der Waals surface area contributed by atoms with Crippen LogP contribution in [0.4, 0.5) is 27.8 Å². The Morgan fingerprint density at radius 3 is 2.42 bits per heavy atom. The number of aromatic nitrogens is 2. The van der Waals surface area contributed by atoms with E-state index in [0.717, 1.165) is 6.07 Å². The van der Waals surface area contributed by atoms with Gasteiger partial charge in [-0.2, -0.15) is 13.2 Å². The van der Waals surface area contributed by atoms with Gasteiger partial charge in [-0.1, -0.05) is 12.1 Å². The van der Waals surface area contributed by atoms with Gasteiger partial charge in [-0.25, -0.2) is 18.7 Å². The van der Waals surface area contributed by atoms with Gasteiger partial charge in [0.1, 0.15) is 11.6 Å². The fourth-order valence-electron chi connectivity index (χ4n) is 3.83. The fraction of sp³-hybridized carbons (Fsp3) is 0.500. The van der Waals surface area contributed by atoms with Crippen molar-refractivity contribution >= 4 is 11.8 Å². The number of nitrogens with zero attached hydrogens (tertiary/aromatic N) is 2. The van der Waals surface area contributed by atoms with Crippen LogP contribution in [0.3, 0.4) is 0 Å². The molecule has 1 atom stereocenters. The molecule has 0 amide bonds. The van der Waals surface area contributed by atoms with Crippen LogP contribution in [0.2, 0.25) is 0 Å². The Morgan fingerprint density at radius 2 is 1.88 bits per heavy atom. The average Bonchev–Trinajstić information content (AvgIpc) is 3.47. The van der Waals surface area contributed by atoms with Crippen LogP contribution in [0.25, 0.3) is 0 Å². The predicted molar refractivity (Wildman–Crippen MR) is 111 cm³/mol. The molecule has 1 aliphatic rings. The molecule has 2 aromatic rings. The Bertz CT molecular complexity index is 1040. The molecule has 1 saturated carbocycles. The highest BCUT2D eigenvalue weighted by Crippen LogP contribution is 2.41. The third-order valence-corrected chi connectivity index (χ3v) is 5.85. The minimum Gasteiger partial charge on any atom is -0.481 e. The van der Waals surface area contributed by atoms with E-state index in [0.29, 0.717) is 11.1 Å². The van der Waals surface area contributed by atoms with Crippen LogP contribution in [-0.2, 0) is 23.9 Å². The molecule has 33 heavy (non-hydrogen) atoms. The molecule has 180 valence electrons. The van der Waals surface area contributed by atoms with E-state index in [4.69, 9.17) is 0 Å². The number of hydrogen-bond donors (Lipinski definition) is 3. The zero-order valence-corrected chi connectivity index (χ0v) is 18.4. The van der Waals surface area contributed by atoms with Gasteiger partial charge in [0.05, 0.1) is 29.3 Å². The Hall–Kier alpha value is -2.82. The molecule has 1 aromatic carbocycles. The lowest BCUT2D eigenvalue weighted by Crippen LogP contribution is -2.38. The molecule has 0 unspecified atom stereocenters. The van der Waals surface area contributed by atoms with Crippen molar-refractivity contribution in [3.8, 4) is 0 Å². The standard InChI is InChI=1S/C22H25F5N4O2/c1-11-14(5-4-6-16(11)22(25,26)27)12(2)29-19-15(10-28-21(7-8-21)20(23)24)17(9-18(32)33)30-13(3)31-19/h4-6,12,20,28H,7-10H2,1-3H3,(H,32,33)(H,29,30,31)/t12-/m1/s1. The van der Waals surface area contributed by atoms with Crippen molar-refractivity contribution in [2.24, 2.45) is 0 Å². The van der Waals surface area contributed by atoms with Crippen molar-refractivity contribution in [3.63, 3.8) is 0 Å². The Balaban J connectivity index is 1.96. The number of alkyl halides is 5.